The predicted octanol–water partition coefficient (Wildman–Crippen LogP) is 4.41. The second kappa shape index (κ2) is 8.66. The van der Waals surface area contributed by atoms with Crippen LogP contribution in [0.3, 0.4) is 0 Å². The number of fused-ring (bicyclic) bond motifs is 2. The van der Waals surface area contributed by atoms with Gasteiger partial charge in [0.25, 0.3) is 0 Å². The normalized spacial score (nSPS) is 11.2. The Kier molecular flexibility index (Phi) is 5.40. The highest BCUT2D eigenvalue weighted by molar-refractivity contribution is 5.96. The Morgan fingerprint density at radius 1 is 1.15 bits per heavy atom. The van der Waals surface area contributed by atoms with Gasteiger partial charge in [-0.3, -0.25) is 4.79 Å². The van der Waals surface area contributed by atoms with Crippen LogP contribution in [0.5, 0.6) is 5.75 Å². The van der Waals surface area contributed by atoms with Crippen LogP contribution in [0.2, 0.25) is 0 Å². The molecule has 5 aromatic rings. The van der Waals surface area contributed by atoms with E-state index >= 15 is 0 Å². The minimum absolute atomic E-state index is 0.294. The zero-order chi connectivity index (χ0) is 22.8. The fourth-order valence-corrected chi connectivity index (χ4v) is 3.88. The highest BCUT2D eigenvalue weighted by Crippen LogP contribution is 2.33. The molecule has 0 aliphatic carbocycles. The van der Waals surface area contributed by atoms with E-state index in [-0.39, 0.29) is 5.97 Å². The van der Waals surface area contributed by atoms with Crippen LogP contribution in [0.25, 0.3) is 27.7 Å². The van der Waals surface area contributed by atoms with Crippen LogP contribution >= 0.6 is 0 Å². The van der Waals surface area contributed by atoms with Crippen LogP contribution in [-0.2, 0) is 22.6 Å². The first-order valence-electron chi connectivity index (χ1n) is 10.5. The Morgan fingerprint density at radius 2 is 2.03 bits per heavy atom. The topological polar surface area (TPSA) is 105 Å². The molecule has 0 fully saturated rings. The molecule has 0 amide bonds. The Morgan fingerprint density at radius 3 is 2.91 bits per heavy atom. The summed E-state index contributed by atoms with van der Waals surface area (Å²) in [5.74, 6) is 0.995. The van der Waals surface area contributed by atoms with Crippen LogP contribution in [-0.4, -0.2) is 27.2 Å². The van der Waals surface area contributed by atoms with Gasteiger partial charge in [0.2, 0.25) is 0 Å². The molecule has 8 heteroatoms. The fraction of sp³-hybridized carbons (Fsp3) is 0.160. The lowest BCUT2D eigenvalue weighted by atomic mass is 10.0. The van der Waals surface area contributed by atoms with Gasteiger partial charge in [-0.2, -0.15) is 5.10 Å². The molecule has 0 spiro atoms. The van der Waals surface area contributed by atoms with E-state index in [4.69, 9.17) is 19.6 Å². The number of anilines is 1. The molecule has 2 aromatic carbocycles. The summed E-state index contributed by atoms with van der Waals surface area (Å²) in [4.78, 5) is 15.6. The Hall–Kier alpha value is -4.33. The summed E-state index contributed by atoms with van der Waals surface area (Å²) in [5, 5.41) is 5.18. The third kappa shape index (κ3) is 4.10. The highest BCUT2D eigenvalue weighted by Gasteiger charge is 2.16. The van der Waals surface area contributed by atoms with Crippen molar-refractivity contribution in [3.63, 3.8) is 0 Å². The van der Waals surface area contributed by atoms with E-state index in [1.165, 1.54) is 13.3 Å². The molecular formula is C25H22N4O4. The van der Waals surface area contributed by atoms with Crippen molar-refractivity contribution < 1.29 is 18.7 Å². The number of hydrogen-bond donors (Lipinski definition) is 1. The maximum absolute atomic E-state index is 11.1. The Balaban J connectivity index is 1.46. The smallest absolute Gasteiger partial charge is 0.302 e. The number of nitrogen functional groups attached to an aromatic ring is 1. The van der Waals surface area contributed by atoms with Crippen molar-refractivity contribution in [1.29, 1.82) is 0 Å². The maximum atomic E-state index is 11.1. The van der Waals surface area contributed by atoms with Crippen LogP contribution < -0.4 is 10.5 Å². The van der Waals surface area contributed by atoms with Gasteiger partial charge in [0.15, 0.2) is 0 Å². The SMILES string of the molecule is CC(=O)OCCc1ccccc1OCc1cc(-c2ncnn3c(N)ccc23)c2occc2c1. The van der Waals surface area contributed by atoms with Gasteiger partial charge in [-0.05, 0) is 47.5 Å². The molecule has 0 radical (unpaired) electrons. The lowest BCUT2D eigenvalue weighted by molar-refractivity contribution is -0.140. The molecule has 2 N–H and O–H groups in total. The van der Waals surface area contributed by atoms with Gasteiger partial charge in [0.05, 0.1) is 18.4 Å². The Labute approximate surface area is 189 Å². The predicted molar refractivity (Wildman–Crippen MR) is 124 cm³/mol. The van der Waals surface area contributed by atoms with E-state index in [0.717, 1.165) is 44.6 Å². The fourth-order valence-electron chi connectivity index (χ4n) is 3.88. The van der Waals surface area contributed by atoms with E-state index in [0.29, 0.717) is 25.5 Å². The number of aromatic nitrogens is 3. The van der Waals surface area contributed by atoms with Crippen molar-refractivity contribution in [2.45, 2.75) is 20.0 Å². The van der Waals surface area contributed by atoms with Gasteiger partial charge in [0, 0.05) is 24.3 Å². The molecule has 8 nitrogen and oxygen atoms in total. The summed E-state index contributed by atoms with van der Waals surface area (Å²) in [7, 11) is 0. The standard InChI is InChI=1S/C25H22N4O4/c1-16(30)31-10-8-18-4-2-3-5-22(18)33-14-17-12-19-9-11-32-25(19)20(13-17)24-21-6-7-23(26)29(21)28-15-27-24/h2-7,9,11-13,15H,8,10,14,26H2,1H3. The van der Waals surface area contributed by atoms with Gasteiger partial charge < -0.3 is 19.6 Å². The van der Waals surface area contributed by atoms with Crippen molar-refractivity contribution in [3.8, 4) is 17.0 Å². The van der Waals surface area contributed by atoms with E-state index in [1.807, 2.05) is 48.5 Å². The number of hydrogen-bond acceptors (Lipinski definition) is 7. The third-order valence-electron chi connectivity index (χ3n) is 5.39. The zero-order valence-electron chi connectivity index (χ0n) is 18.0. The molecule has 0 aliphatic rings. The second-order valence-corrected chi connectivity index (χ2v) is 7.63. The number of para-hydroxylation sites is 1. The number of benzene rings is 2. The summed E-state index contributed by atoms with van der Waals surface area (Å²) in [5.41, 5.74) is 11.1. The van der Waals surface area contributed by atoms with Gasteiger partial charge in [-0.15, -0.1) is 0 Å². The van der Waals surface area contributed by atoms with Gasteiger partial charge in [-0.1, -0.05) is 18.2 Å². The van der Waals surface area contributed by atoms with Crippen molar-refractivity contribution in [1.82, 2.24) is 14.6 Å². The van der Waals surface area contributed by atoms with Gasteiger partial charge in [-0.25, -0.2) is 9.50 Å². The van der Waals surface area contributed by atoms with Crippen LogP contribution in [0.1, 0.15) is 18.1 Å². The molecule has 33 heavy (non-hydrogen) atoms. The number of ether oxygens (including phenoxy) is 2. The molecule has 0 saturated heterocycles. The van der Waals surface area contributed by atoms with Gasteiger partial charge in [0.1, 0.15) is 35.8 Å². The largest absolute Gasteiger partial charge is 0.489 e. The quantitative estimate of drug-likeness (QED) is 0.372. The van der Waals surface area contributed by atoms with E-state index in [2.05, 4.69) is 10.1 Å². The first-order valence-corrected chi connectivity index (χ1v) is 10.5. The Bertz CT molecular complexity index is 1450. The monoisotopic (exact) mass is 442 g/mol. The van der Waals surface area contributed by atoms with E-state index < -0.39 is 0 Å². The van der Waals surface area contributed by atoms with Crippen molar-refractivity contribution >= 4 is 28.3 Å². The molecule has 166 valence electrons. The number of nitrogens with two attached hydrogens (primary N) is 1. The lowest BCUT2D eigenvalue weighted by Gasteiger charge is -2.13. The van der Waals surface area contributed by atoms with Crippen molar-refractivity contribution in [2.24, 2.45) is 0 Å². The number of carbonyl (C=O) groups excluding carboxylic acids is 1. The summed E-state index contributed by atoms with van der Waals surface area (Å²) in [6.07, 6.45) is 3.72. The maximum Gasteiger partial charge on any atom is 0.302 e. The molecule has 5 rings (SSSR count). The third-order valence-corrected chi connectivity index (χ3v) is 5.39. The van der Waals surface area contributed by atoms with Crippen molar-refractivity contribution in [3.05, 3.63) is 78.3 Å². The van der Waals surface area contributed by atoms with E-state index in [1.54, 1.807) is 16.8 Å². The first kappa shape index (κ1) is 20.6. The van der Waals surface area contributed by atoms with Gasteiger partial charge >= 0.3 is 5.97 Å². The molecular weight excluding hydrogens is 420 g/mol. The molecule has 3 aromatic heterocycles. The highest BCUT2D eigenvalue weighted by atomic mass is 16.5. The van der Waals surface area contributed by atoms with Crippen LogP contribution in [0, 0.1) is 0 Å². The number of esters is 1. The summed E-state index contributed by atoms with van der Waals surface area (Å²) in [6.45, 7) is 2.06. The second-order valence-electron chi connectivity index (χ2n) is 7.63. The average Bonchev–Trinajstić information content (AvgIpc) is 3.44. The summed E-state index contributed by atoms with van der Waals surface area (Å²) < 4.78 is 18.7. The zero-order valence-corrected chi connectivity index (χ0v) is 18.0. The first-order chi connectivity index (χ1) is 16.1. The van der Waals surface area contributed by atoms with Crippen LogP contribution in [0.15, 0.2) is 71.6 Å². The summed E-state index contributed by atoms with van der Waals surface area (Å²) >= 11 is 0. The van der Waals surface area contributed by atoms with Crippen molar-refractivity contribution in [2.75, 3.05) is 12.3 Å². The minimum Gasteiger partial charge on any atom is -0.489 e. The molecule has 0 unspecified atom stereocenters. The summed E-state index contributed by atoms with van der Waals surface area (Å²) in [6, 6.07) is 17.4. The molecule has 0 bridgehead atoms. The minimum atomic E-state index is -0.294. The number of furan rings is 1. The number of nitrogens with zero attached hydrogens (tertiary/aromatic N) is 3. The number of rotatable bonds is 7. The lowest BCUT2D eigenvalue weighted by Crippen LogP contribution is -2.05. The molecule has 0 aliphatic heterocycles. The molecule has 0 atom stereocenters. The van der Waals surface area contributed by atoms with E-state index in [9.17, 15) is 4.79 Å². The van der Waals surface area contributed by atoms with Crippen LogP contribution in [0.4, 0.5) is 5.82 Å². The number of carbonyl (C=O) groups is 1. The average molecular weight is 442 g/mol. The molecule has 0 saturated carbocycles. The molecule has 3 heterocycles.